The molecule has 4 heteroatoms. The second-order valence-corrected chi connectivity index (χ2v) is 5.46. The van der Waals surface area contributed by atoms with Gasteiger partial charge in [-0.2, -0.15) is 0 Å². The number of esters is 1. The molecule has 3 N–H and O–H groups in total. The number of hydrogen-bond donors (Lipinski definition) is 2. The topological polar surface area (TPSA) is 64.3 Å². The Morgan fingerprint density at radius 3 is 2.84 bits per heavy atom. The summed E-state index contributed by atoms with van der Waals surface area (Å²) in [7, 11) is 1.43. The summed E-state index contributed by atoms with van der Waals surface area (Å²) in [6, 6.07) is 5.95. The van der Waals surface area contributed by atoms with Crippen molar-refractivity contribution in [3.63, 3.8) is 0 Å². The van der Waals surface area contributed by atoms with Crippen LogP contribution in [0.1, 0.15) is 37.4 Å². The van der Waals surface area contributed by atoms with Gasteiger partial charge in [0.15, 0.2) is 0 Å². The molecular weight excluding hydrogens is 240 g/mol. The second kappa shape index (κ2) is 5.61. The fourth-order valence-electron chi connectivity index (χ4n) is 2.69. The number of anilines is 1. The Morgan fingerprint density at radius 2 is 2.21 bits per heavy atom. The molecule has 0 bridgehead atoms. The first kappa shape index (κ1) is 13.9. The van der Waals surface area contributed by atoms with Crippen LogP contribution in [0.5, 0.6) is 0 Å². The minimum Gasteiger partial charge on any atom is -0.468 e. The maximum absolute atomic E-state index is 11.8. The Kier molecular flexibility index (Phi) is 4.10. The Hall–Kier alpha value is -1.55. The molecule has 1 aromatic carbocycles. The lowest BCUT2D eigenvalue weighted by Gasteiger charge is -2.24. The molecule has 1 aromatic rings. The third kappa shape index (κ3) is 2.89. The molecule has 2 rings (SSSR count). The van der Waals surface area contributed by atoms with Gasteiger partial charge in [-0.25, -0.2) is 0 Å². The van der Waals surface area contributed by atoms with Crippen LogP contribution in [0, 0.1) is 5.92 Å². The van der Waals surface area contributed by atoms with E-state index in [2.05, 4.69) is 11.4 Å². The van der Waals surface area contributed by atoms with E-state index in [1.807, 2.05) is 26.0 Å². The molecule has 19 heavy (non-hydrogen) atoms. The molecule has 0 fully saturated rings. The summed E-state index contributed by atoms with van der Waals surface area (Å²) in [5.74, 6) is 0.00387. The van der Waals surface area contributed by atoms with Gasteiger partial charge in [0.25, 0.3) is 0 Å². The molecule has 2 atom stereocenters. The lowest BCUT2D eigenvalue weighted by Crippen LogP contribution is -2.43. The summed E-state index contributed by atoms with van der Waals surface area (Å²) in [6.07, 6.45) is 2.00. The molecule has 0 saturated heterocycles. The van der Waals surface area contributed by atoms with Gasteiger partial charge in [0, 0.05) is 11.7 Å². The minimum absolute atomic E-state index is 0.195. The van der Waals surface area contributed by atoms with E-state index in [1.54, 1.807) is 0 Å². The van der Waals surface area contributed by atoms with E-state index < -0.39 is 0 Å². The SMILES string of the molecule is COC(=O)[C@@H](NC1CCc2cc(N)ccc21)C(C)C. The van der Waals surface area contributed by atoms with Crippen molar-refractivity contribution in [2.24, 2.45) is 5.92 Å². The zero-order valence-electron chi connectivity index (χ0n) is 11.8. The largest absolute Gasteiger partial charge is 0.468 e. The predicted octanol–water partition coefficient (Wildman–Crippen LogP) is 2.04. The van der Waals surface area contributed by atoms with Crippen LogP contribution in [0.25, 0.3) is 0 Å². The van der Waals surface area contributed by atoms with Gasteiger partial charge < -0.3 is 10.5 Å². The number of benzene rings is 1. The maximum Gasteiger partial charge on any atom is 0.323 e. The third-order valence-corrected chi connectivity index (χ3v) is 3.75. The summed E-state index contributed by atoms with van der Waals surface area (Å²) >= 11 is 0. The zero-order valence-corrected chi connectivity index (χ0v) is 11.8. The molecule has 1 unspecified atom stereocenters. The summed E-state index contributed by atoms with van der Waals surface area (Å²) in [5.41, 5.74) is 9.14. The number of methoxy groups -OCH3 is 1. The number of nitrogens with two attached hydrogens (primary N) is 1. The number of rotatable bonds is 4. The summed E-state index contributed by atoms with van der Waals surface area (Å²) in [4.78, 5) is 11.8. The minimum atomic E-state index is -0.265. The number of carbonyl (C=O) groups excluding carboxylic acids is 1. The molecule has 4 nitrogen and oxygen atoms in total. The van der Waals surface area contributed by atoms with Crippen molar-refractivity contribution >= 4 is 11.7 Å². The molecule has 0 aromatic heterocycles. The van der Waals surface area contributed by atoms with Gasteiger partial charge in [-0.3, -0.25) is 10.1 Å². The molecule has 0 saturated carbocycles. The molecule has 0 radical (unpaired) electrons. The van der Waals surface area contributed by atoms with Crippen molar-refractivity contribution in [1.82, 2.24) is 5.32 Å². The van der Waals surface area contributed by atoms with Gasteiger partial charge in [-0.15, -0.1) is 0 Å². The highest BCUT2D eigenvalue weighted by Gasteiger charge is 2.30. The Balaban J connectivity index is 2.15. The summed E-state index contributed by atoms with van der Waals surface area (Å²) < 4.78 is 4.87. The fourth-order valence-corrected chi connectivity index (χ4v) is 2.69. The van der Waals surface area contributed by atoms with Crippen molar-refractivity contribution in [1.29, 1.82) is 0 Å². The fraction of sp³-hybridized carbons (Fsp3) is 0.533. The summed E-state index contributed by atoms with van der Waals surface area (Å²) in [5, 5.41) is 3.43. The van der Waals surface area contributed by atoms with E-state index in [9.17, 15) is 4.79 Å². The highest BCUT2D eigenvalue weighted by molar-refractivity contribution is 5.76. The predicted molar refractivity (Wildman–Crippen MR) is 75.7 cm³/mol. The number of nitrogens with one attached hydrogen (secondary N) is 1. The van der Waals surface area contributed by atoms with Crippen LogP contribution >= 0.6 is 0 Å². The van der Waals surface area contributed by atoms with Crippen LogP contribution in [-0.4, -0.2) is 19.1 Å². The van der Waals surface area contributed by atoms with Crippen molar-refractivity contribution in [2.45, 2.75) is 38.8 Å². The van der Waals surface area contributed by atoms with Crippen molar-refractivity contribution < 1.29 is 9.53 Å². The van der Waals surface area contributed by atoms with Crippen molar-refractivity contribution in [3.05, 3.63) is 29.3 Å². The van der Waals surface area contributed by atoms with Gasteiger partial charge in [0.05, 0.1) is 7.11 Å². The average molecular weight is 262 g/mol. The number of aryl methyl sites for hydroxylation is 1. The van der Waals surface area contributed by atoms with E-state index in [1.165, 1.54) is 18.2 Å². The van der Waals surface area contributed by atoms with E-state index in [0.717, 1.165) is 18.5 Å². The monoisotopic (exact) mass is 262 g/mol. The smallest absolute Gasteiger partial charge is 0.323 e. The molecule has 1 aliphatic rings. The van der Waals surface area contributed by atoms with Crippen LogP contribution in [-0.2, 0) is 16.0 Å². The summed E-state index contributed by atoms with van der Waals surface area (Å²) in [6.45, 7) is 4.04. The lowest BCUT2D eigenvalue weighted by molar-refractivity contribution is -0.144. The lowest BCUT2D eigenvalue weighted by atomic mass is 10.0. The second-order valence-electron chi connectivity index (χ2n) is 5.46. The van der Waals surface area contributed by atoms with Gasteiger partial charge in [-0.05, 0) is 42.0 Å². The first-order chi connectivity index (χ1) is 9.02. The van der Waals surface area contributed by atoms with Gasteiger partial charge in [0.1, 0.15) is 6.04 Å². The third-order valence-electron chi connectivity index (χ3n) is 3.75. The van der Waals surface area contributed by atoms with Gasteiger partial charge in [-0.1, -0.05) is 19.9 Å². The Morgan fingerprint density at radius 1 is 1.47 bits per heavy atom. The van der Waals surface area contributed by atoms with Crippen molar-refractivity contribution in [2.75, 3.05) is 12.8 Å². The first-order valence-corrected chi connectivity index (χ1v) is 6.75. The van der Waals surface area contributed by atoms with E-state index in [4.69, 9.17) is 10.5 Å². The molecule has 0 amide bonds. The zero-order chi connectivity index (χ0) is 14.0. The highest BCUT2D eigenvalue weighted by Crippen LogP contribution is 2.33. The van der Waals surface area contributed by atoms with Crippen molar-refractivity contribution in [3.8, 4) is 0 Å². The number of hydrogen-bond acceptors (Lipinski definition) is 4. The van der Waals surface area contributed by atoms with Crippen LogP contribution in [0.15, 0.2) is 18.2 Å². The van der Waals surface area contributed by atoms with E-state index in [-0.39, 0.29) is 24.0 Å². The first-order valence-electron chi connectivity index (χ1n) is 6.75. The van der Waals surface area contributed by atoms with Gasteiger partial charge in [0.2, 0.25) is 0 Å². The maximum atomic E-state index is 11.8. The van der Waals surface area contributed by atoms with Crippen LogP contribution in [0.4, 0.5) is 5.69 Å². The molecule has 104 valence electrons. The van der Waals surface area contributed by atoms with Crippen LogP contribution in [0.3, 0.4) is 0 Å². The van der Waals surface area contributed by atoms with E-state index in [0.29, 0.717) is 0 Å². The molecule has 0 aliphatic heterocycles. The number of nitrogen functional groups attached to an aromatic ring is 1. The standard InChI is InChI=1S/C15H22N2O2/c1-9(2)14(15(18)19-3)17-13-7-4-10-8-11(16)5-6-12(10)13/h5-6,8-9,13-14,17H,4,7,16H2,1-3H3/t13?,14-/m0/s1. The van der Waals surface area contributed by atoms with Gasteiger partial charge >= 0.3 is 5.97 Å². The quantitative estimate of drug-likeness (QED) is 0.644. The number of ether oxygens (including phenoxy) is 1. The van der Waals surface area contributed by atoms with Crippen LogP contribution < -0.4 is 11.1 Å². The van der Waals surface area contributed by atoms with E-state index >= 15 is 0 Å². The highest BCUT2D eigenvalue weighted by atomic mass is 16.5. The molecule has 0 heterocycles. The van der Waals surface area contributed by atoms with Crippen LogP contribution in [0.2, 0.25) is 0 Å². The average Bonchev–Trinajstić information content (AvgIpc) is 2.76. The molecule has 1 aliphatic carbocycles. The molecule has 0 spiro atoms. The number of fused-ring (bicyclic) bond motifs is 1. The Labute approximate surface area is 114 Å². The normalized spacial score (nSPS) is 19.3. The molecular formula is C15H22N2O2. The Bertz CT molecular complexity index is 471. The number of carbonyl (C=O) groups is 1.